The number of anilines is 1. The number of aromatic nitrogens is 1. The molecule has 0 aliphatic heterocycles. The standard InChI is InChI=1S/C20H19FN4O/c1-14-3-2-4-17(11-14)25-20(22)24-13-15-9-10-23-19(12-15)26-18-7-5-16(21)6-8-18/h2-12H,13H2,1H3,(H3,22,24,25). The van der Waals surface area contributed by atoms with E-state index in [1.165, 1.54) is 12.1 Å². The largest absolute Gasteiger partial charge is 0.439 e. The van der Waals surface area contributed by atoms with Crippen LogP contribution >= 0.6 is 0 Å². The number of nitrogens with one attached hydrogen (secondary N) is 1. The number of aryl methyl sites for hydroxylation is 1. The number of guanidine groups is 1. The highest BCUT2D eigenvalue weighted by molar-refractivity contribution is 5.92. The first-order chi connectivity index (χ1) is 12.6. The summed E-state index contributed by atoms with van der Waals surface area (Å²) in [5.41, 5.74) is 8.86. The van der Waals surface area contributed by atoms with Crippen LogP contribution in [0.25, 0.3) is 0 Å². The Hall–Kier alpha value is -3.41. The number of nitrogens with zero attached hydrogens (tertiary/aromatic N) is 2. The van der Waals surface area contributed by atoms with Gasteiger partial charge in [-0.25, -0.2) is 14.4 Å². The summed E-state index contributed by atoms with van der Waals surface area (Å²) < 4.78 is 18.6. The monoisotopic (exact) mass is 350 g/mol. The van der Waals surface area contributed by atoms with Gasteiger partial charge in [0.1, 0.15) is 11.6 Å². The second-order valence-corrected chi connectivity index (χ2v) is 5.75. The van der Waals surface area contributed by atoms with Crippen molar-refractivity contribution in [3.8, 4) is 11.6 Å². The molecular formula is C20H19FN4O. The lowest BCUT2D eigenvalue weighted by Crippen LogP contribution is -2.22. The van der Waals surface area contributed by atoms with Gasteiger partial charge in [-0.1, -0.05) is 12.1 Å². The van der Waals surface area contributed by atoms with E-state index in [1.54, 1.807) is 24.4 Å². The summed E-state index contributed by atoms with van der Waals surface area (Å²) in [4.78, 5) is 8.48. The first kappa shape index (κ1) is 17.4. The van der Waals surface area contributed by atoms with Crippen molar-refractivity contribution < 1.29 is 9.13 Å². The first-order valence-electron chi connectivity index (χ1n) is 8.10. The van der Waals surface area contributed by atoms with Gasteiger partial charge in [0.15, 0.2) is 5.96 Å². The van der Waals surface area contributed by atoms with Crippen molar-refractivity contribution in [2.24, 2.45) is 10.7 Å². The Morgan fingerprint density at radius 3 is 2.73 bits per heavy atom. The Kier molecular flexibility index (Phi) is 5.43. The minimum atomic E-state index is -0.315. The van der Waals surface area contributed by atoms with E-state index in [1.807, 2.05) is 37.3 Å². The Morgan fingerprint density at radius 2 is 1.96 bits per heavy atom. The highest BCUT2D eigenvalue weighted by Gasteiger charge is 2.02. The van der Waals surface area contributed by atoms with Crippen LogP contribution in [0.4, 0.5) is 10.1 Å². The van der Waals surface area contributed by atoms with Gasteiger partial charge in [0, 0.05) is 18.0 Å². The number of hydrogen-bond acceptors (Lipinski definition) is 3. The third-order valence-electron chi connectivity index (χ3n) is 3.56. The Balaban J connectivity index is 1.63. The average molecular weight is 350 g/mol. The van der Waals surface area contributed by atoms with Crippen molar-refractivity contribution in [1.82, 2.24) is 4.98 Å². The Morgan fingerprint density at radius 1 is 1.15 bits per heavy atom. The van der Waals surface area contributed by atoms with Crippen molar-refractivity contribution in [3.63, 3.8) is 0 Å². The molecule has 0 bridgehead atoms. The maximum absolute atomic E-state index is 12.9. The molecule has 6 heteroatoms. The highest BCUT2D eigenvalue weighted by Crippen LogP contribution is 2.20. The topological polar surface area (TPSA) is 72.5 Å². The van der Waals surface area contributed by atoms with E-state index >= 15 is 0 Å². The number of pyridine rings is 1. The molecule has 0 aliphatic carbocycles. The molecule has 1 heterocycles. The quantitative estimate of drug-likeness (QED) is 0.533. The van der Waals surface area contributed by atoms with Crippen molar-refractivity contribution in [2.75, 3.05) is 5.32 Å². The fourth-order valence-corrected chi connectivity index (χ4v) is 2.31. The number of aliphatic imine (C=N–C) groups is 1. The van der Waals surface area contributed by atoms with Crippen LogP contribution in [-0.2, 0) is 6.54 Å². The van der Waals surface area contributed by atoms with Gasteiger partial charge in [-0.3, -0.25) is 0 Å². The Labute approximate surface area is 151 Å². The second kappa shape index (κ2) is 8.11. The zero-order chi connectivity index (χ0) is 18.4. The van der Waals surface area contributed by atoms with Gasteiger partial charge in [-0.05, 0) is 60.5 Å². The fourth-order valence-electron chi connectivity index (χ4n) is 2.31. The summed E-state index contributed by atoms with van der Waals surface area (Å²) in [6, 6.07) is 17.2. The van der Waals surface area contributed by atoms with Crippen LogP contribution in [0.3, 0.4) is 0 Å². The van der Waals surface area contributed by atoms with Crippen LogP contribution in [0.15, 0.2) is 71.9 Å². The molecule has 3 aromatic rings. The van der Waals surface area contributed by atoms with E-state index in [9.17, 15) is 4.39 Å². The maximum Gasteiger partial charge on any atom is 0.219 e. The number of benzene rings is 2. The number of halogens is 1. The molecule has 0 radical (unpaired) electrons. The van der Waals surface area contributed by atoms with Gasteiger partial charge in [0.2, 0.25) is 5.88 Å². The summed E-state index contributed by atoms with van der Waals surface area (Å²) in [6.45, 7) is 2.39. The zero-order valence-electron chi connectivity index (χ0n) is 14.3. The summed E-state index contributed by atoms with van der Waals surface area (Å²) in [7, 11) is 0. The molecule has 0 amide bonds. The zero-order valence-corrected chi connectivity index (χ0v) is 14.3. The van der Waals surface area contributed by atoms with Crippen LogP contribution in [0.1, 0.15) is 11.1 Å². The SMILES string of the molecule is Cc1cccc(NC(N)=NCc2ccnc(Oc3ccc(F)cc3)c2)c1. The molecule has 0 saturated heterocycles. The van der Waals surface area contributed by atoms with Gasteiger partial charge in [-0.2, -0.15) is 0 Å². The maximum atomic E-state index is 12.9. The van der Waals surface area contributed by atoms with Crippen molar-refractivity contribution in [2.45, 2.75) is 13.5 Å². The van der Waals surface area contributed by atoms with Gasteiger partial charge < -0.3 is 15.8 Å². The van der Waals surface area contributed by atoms with E-state index in [0.717, 1.165) is 16.8 Å². The molecule has 3 N–H and O–H groups in total. The predicted molar refractivity (Wildman–Crippen MR) is 101 cm³/mol. The molecule has 2 aromatic carbocycles. The normalized spacial score (nSPS) is 11.2. The second-order valence-electron chi connectivity index (χ2n) is 5.75. The van der Waals surface area contributed by atoms with Crippen molar-refractivity contribution >= 4 is 11.6 Å². The summed E-state index contributed by atoms with van der Waals surface area (Å²) >= 11 is 0. The minimum absolute atomic E-state index is 0.315. The van der Waals surface area contributed by atoms with E-state index in [2.05, 4.69) is 15.3 Å². The minimum Gasteiger partial charge on any atom is -0.439 e. The molecule has 0 spiro atoms. The Bertz CT molecular complexity index is 910. The number of nitrogens with two attached hydrogens (primary N) is 1. The number of ether oxygens (including phenoxy) is 1. The van der Waals surface area contributed by atoms with Crippen LogP contribution in [0.5, 0.6) is 11.6 Å². The van der Waals surface area contributed by atoms with Crippen molar-refractivity contribution in [1.29, 1.82) is 0 Å². The molecule has 5 nitrogen and oxygen atoms in total. The molecular weight excluding hydrogens is 331 g/mol. The number of rotatable bonds is 5. The fraction of sp³-hybridized carbons (Fsp3) is 0.100. The van der Waals surface area contributed by atoms with Gasteiger partial charge in [0.25, 0.3) is 0 Å². The smallest absolute Gasteiger partial charge is 0.219 e. The molecule has 0 atom stereocenters. The molecule has 0 aliphatic rings. The van der Waals surface area contributed by atoms with Crippen molar-refractivity contribution in [3.05, 3.63) is 83.8 Å². The van der Waals surface area contributed by atoms with Crippen LogP contribution in [0.2, 0.25) is 0 Å². The molecule has 0 fully saturated rings. The molecule has 26 heavy (non-hydrogen) atoms. The van der Waals surface area contributed by atoms with Crippen LogP contribution in [-0.4, -0.2) is 10.9 Å². The molecule has 1 aromatic heterocycles. The third-order valence-corrected chi connectivity index (χ3v) is 3.56. The third kappa shape index (κ3) is 5.04. The van der Waals surface area contributed by atoms with E-state index in [-0.39, 0.29) is 5.82 Å². The average Bonchev–Trinajstić information content (AvgIpc) is 2.62. The lowest BCUT2D eigenvalue weighted by Gasteiger charge is -2.07. The van der Waals surface area contributed by atoms with Crippen LogP contribution < -0.4 is 15.8 Å². The summed E-state index contributed by atoms with van der Waals surface area (Å²) in [5.74, 6) is 0.938. The summed E-state index contributed by atoms with van der Waals surface area (Å²) in [5, 5.41) is 3.06. The number of hydrogen-bond donors (Lipinski definition) is 2. The lowest BCUT2D eigenvalue weighted by molar-refractivity contribution is 0.460. The van der Waals surface area contributed by atoms with Gasteiger partial charge in [-0.15, -0.1) is 0 Å². The highest BCUT2D eigenvalue weighted by atomic mass is 19.1. The molecule has 0 unspecified atom stereocenters. The van der Waals surface area contributed by atoms with E-state index in [4.69, 9.17) is 10.5 Å². The molecule has 3 rings (SSSR count). The molecule has 0 saturated carbocycles. The van der Waals surface area contributed by atoms with E-state index in [0.29, 0.717) is 24.1 Å². The molecule has 132 valence electrons. The lowest BCUT2D eigenvalue weighted by atomic mass is 10.2. The predicted octanol–water partition coefficient (Wildman–Crippen LogP) is 4.25. The van der Waals surface area contributed by atoms with Gasteiger partial charge >= 0.3 is 0 Å². The first-order valence-corrected chi connectivity index (χ1v) is 8.10. The van der Waals surface area contributed by atoms with Gasteiger partial charge in [0.05, 0.1) is 6.54 Å². The summed E-state index contributed by atoms with van der Waals surface area (Å²) in [6.07, 6.45) is 1.63. The van der Waals surface area contributed by atoms with Crippen LogP contribution in [0, 0.1) is 12.7 Å². The van der Waals surface area contributed by atoms with E-state index < -0.39 is 0 Å².